The maximum absolute atomic E-state index is 13.5. The quantitative estimate of drug-likeness (QED) is 0.241. The van der Waals surface area contributed by atoms with Crippen LogP contribution in [0.5, 0.6) is 23.0 Å². The van der Waals surface area contributed by atoms with Crippen LogP contribution in [0.2, 0.25) is 0 Å². The number of fused-ring (bicyclic) bond motifs is 1. The topological polar surface area (TPSA) is 94.5 Å². The molecule has 2 aliphatic heterocycles. The first-order valence-corrected chi connectivity index (χ1v) is 12.5. The van der Waals surface area contributed by atoms with E-state index in [2.05, 4.69) is 13.8 Å². The van der Waals surface area contributed by atoms with Gasteiger partial charge in [-0.2, -0.15) is 0 Å². The summed E-state index contributed by atoms with van der Waals surface area (Å²) in [5, 5.41) is 11.4. The second-order valence-corrected chi connectivity index (χ2v) is 9.44. The van der Waals surface area contributed by atoms with E-state index in [0.29, 0.717) is 58.9 Å². The van der Waals surface area contributed by atoms with Gasteiger partial charge in [-0.05, 0) is 66.9 Å². The van der Waals surface area contributed by atoms with E-state index in [9.17, 15) is 14.7 Å². The molecule has 0 bridgehead atoms. The average molecular weight is 516 g/mol. The molecule has 2 aliphatic rings. The number of hydrogen-bond acceptors (Lipinski definition) is 7. The van der Waals surface area contributed by atoms with E-state index in [1.165, 1.54) is 4.90 Å². The van der Waals surface area contributed by atoms with E-state index in [1.807, 2.05) is 6.92 Å². The lowest BCUT2D eigenvalue weighted by molar-refractivity contribution is -0.132. The van der Waals surface area contributed by atoms with Gasteiger partial charge in [0.25, 0.3) is 11.7 Å². The Bertz CT molecular complexity index is 1390. The zero-order valence-electron chi connectivity index (χ0n) is 21.5. The molecule has 1 unspecified atom stereocenters. The number of anilines is 1. The predicted octanol–water partition coefficient (Wildman–Crippen LogP) is 5.48. The standard InChI is InChI=1S/C30H29NO7/c1-4-35-23-7-5-6-20(14-23)27-26(28(32)19-8-11-22(12-9-19)36-16-18(2)3)29(33)30(34)31(27)21-10-13-24-25(15-21)38-17-37-24/h5-15,18,27,32H,4,16-17H2,1-3H3/b28-26+. The van der Waals surface area contributed by atoms with E-state index in [0.717, 1.165) is 0 Å². The molecule has 1 amide bonds. The van der Waals surface area contributed by atoms with Gasteiger partial charge in [0, 0.05) is 17.3 Å². The highest BCUT2D eigenvalue weighted by Gasteiger charge is 2.47. The van der Waals surface area contributed by atoms with Gasteiger partial charge in [0.2, 0.25) is 6.79 Å². The Balaban J connectivity index is 1.61. The van der Waals surface area contributed by atoms with Crippen molar-refractivity contribution in [1.29, 1.82) is 0 Å². The van der Waals surface area contributed by atoms with Crippen LogP contribution < -0.4 is 23.8 Å². The Morgan fingerprint density at radius 3 is 2.47 bits per heavy atom. The first-order valence-electron chi connectivity index (χ1n) is 12.5. The third kappa shape index (κ3) is 4.77. The number of Topliss-reactive ketones (excluding diaryl/α,β-unsaturated/α-hetero) is 1. The smallest absolute Gasteiger partial charge is 0.300 e. The number of nitrogens with zero attached hydrogens (tertiary/aromatic N) is 1. The molecule has 8 heteroatoms. The summed E-state index contributed by atoms with van der Waals surface area (Å²) in [5.74, 6) is 0.825. The maximum Gasteiger partial charge on any atom is 0.300 e. The van der Waals surface area contributed by atoms with Crippen LogP contribution in [0.3, 0.4) is 0 Å². The predicted molar refractivity (Wildman–Crippen MR) is 142 cm³/mol. The molecule has 3 aromatic rings. The van der Waals surface area contributed by atoms with Gasteiger partial charge in [0.15, 0.2) is 11.5 Å². The molecule has 5 rings (SSSR count). The number of ether oxygens (including phenoxy) is 4. The lowest BCUT2D eigenvalue weighted by Crippen LogP contribution is -2.29. The summed E-state index contributed by atoms with van der Waals surface area (Å²) < 4.78 is 22.3. The normalized spacial score (nSPS) is 17.8. The molecule has 1 N–H and O–H groups in total. The van der Waals surface area contributed by atoms with Crippen LogP contribution in [-0.4, -0.2) is 36.8 Å². The van der Waals surface area contributed by atoms with Crippen molar-refractivity contribution in [3.05, 3.63) is 83.4 Å². The monoisotopic (exact) mass is 515 g/mol. The van der Waals surface area contributed by atoms with E-state index in [1.54, 1.807) is 66.7 Å². The average Bonchev–Trinajstić information content (AvgIpc) is 3.49. The Kier molecular flexibility index (Phi) is 6.96. The number of aliphatic hydroxyl groups excluding tert-OH is 1. The molecular formula is C30H29NO7. The summed E-state index contributed by atoms with van der Waals surface area (Å²) in [7, 11) is 0. The van der Waals surface area contributed by atoms with Crippen LogP contribution >= 0.6 is 0 Å². The number of carbonyl (C=O) groups is 2. The molecule has 1 fully saturated rings. The molecule has 38 heavy (non-hydrogen) atoms. The summed E-state index contributed by atoms with van der Waals surface area (Å²) in [4.78, 5) is 28.3. The lowest BCUT2D eigenvalue weighted by atomic mass is 9.95. The Morgan fingerprint density at radius 2 is 1.74 bits per heavy atom. The molecule has 1 atom stereocenters. The Hall–Kier alpha value is -4.46. The van der Waals surface area contributed by atoms with Crippen molar-refractivity contribution < 1.29 is 33.6 Å². The summed E-state index contributed by atoms with van der Waals surface area (Å²) in [6.45, 7) is 7.08. The zero-order valence-corrected chi connectivity index (χ0v) is 21.5. The van der Waals surface area contributed by atoms with Gasteiger partial charge in [0.05, 0.1) is 24.8 Å². The number of amides is 1. The second-order valence-electron chi connectivity index (χ2n) is 9.44. The third-order valence-corrected chi connectivity index (χ3v) is 6.27. The molecule has 3 aromatic carbocycles. The first kappa shape index (κ1) is 25.2. The molecular weight excluding hydrogens is 486 g/mol. The van der Waals surface area contributed by atoms with Crippen molar-refractivity contribution in [1.82, 2.24) is 0 Å². The fourth-order valence-electron chi connectivity index (χ4n) is 4.52. The fourth-order valence-corrected chi connectivity index (χ4v) is 4.52. The molecule has 196 valence electrons. The second kappa shape index (κ2) is 10.5. The molecule has 2 heterocycles. The molecule has 8 nitrogen and oxygen atoms in total. The number of ketones is 1. The van der Waals surface area contributed by atoms with Crippen molar-refractivity contribution in [3.63, 3.8) is 0 Å². The van der Waals surface area contributed by atoms with Gasteiger partial charge in [-0.15, -0.1) is 0 Å². The van der Waals surface area contributed by atoms with E-state index < -0.39 is 17.7 Å². The fraction of sp³-hybridized carbons (Fsp3) is 0.267. The summed E-state index contributed by atoms with van der Waals surface area (Å²) >= 11 is 0. The number of hydrogen-bond donors (Lipinski definition) is 1. The third-order valence-electron chi connectivity index (χ3n) is 6.27. The van der Waals surface area contributed by atoms with Gasteiger partial charge in [-0.3, -0.25) is 14.5 Å². The van der Waals surface area contributed by atoms with E-state index in [-0.39, 0.29) is 18.1 Å². The van der Waals surface area contributed by atoms with Crippen LogP contribution in [0.1, 0.15) is 37.9 Å². The number of aliphatic hydroxyl groups is 1. The van der Waals surface area contributed by atoms with Crippen LogP contribution in [-0.2, 0) is 9.59 Å². The van der Waals surface area contributed by atoms with Crippen molar-refractivity contribution in [2.45, 2.75) is 26.8 Å². The molecule has 0 saturated carbocycles. The first-order chi connectivity index (χ1) is 18.4. The van der Waals surface area contributed by atoms with Crippen LogP contribution in [0.25, 0.3) is 5.76 Å². The zero-order chi connectivity index (χ0) is 26.8. The summed E-state index contributed by atoms with van der Waals surface area (Å²) in [6, 6.07) is 18.1. The molecule has 0 radical (unpaired) electrons. The summed E-state index contributed by atoms with van der Waals surface area (Å²) in [6.07, 6.45) is 0. The lowest BCUT2D eigenvalue weighted by Gasteiger charge is -2.26. The van der Waals surface area contributed by atoms with Gasteiger partial charge in [0.1, 0.15) is 17.3 Å². The van der Waals surface area contributed by atoms with Crippen molar-refractivity contribution in [3.8, 4) is 23.0 Å². The van der Waals surface area contributed by atoms with Crippen LogP contribution in [0, 0.1) is 5.92 Å². The van der Waals surface area contributed by atoms with E-state index >= 15 is 0 Å². The molecule has 0 aliphatic carbocycles. The van der Waals surface area contributed by atoms with Gasteiger partial charge in [-0.1, -0.05) is 26.0 Å². The van der Waals surface area contributed by atoms with E-state index in [4.69, 9.17) is 18.9 Å². The minimum Gasteiger partial charge on any atom is -0.507 e. The highest BCUT2D eigenvalue weighted by atomic mass is 16.7. The molecule has 0 spiro atoms. The number of benzene rings is 3. The largest absolute Gasteiger partial charge is 0.507 e. The van der Waals surface area contributed by atoms with Crippen LogP contribution in [0.4, 0.5) is 5.69 Å². The molecule has 1 saturated heterocycles. The van der Waals surface area contributed by atoms with Gasteiger partial charge < -0.3 is 24.1 Å². The minimum atomic E-state index is -0.896. The van der Waals surface area contributed by atoms with Crippen molar-refractivity contribution in [2.75, 3.05) is 24.9 Å². The van der Waals surface area contributed by atoms with Gasteiger partial charge >= 0.3 is 0 Å². The highest BCUT2D eigenvalue weighted by Crippen LogP contribution is 2.45. The summed E-state index contributed by atoms with van der Waals surface area (Å²) in [5.41, 5.74) is 1.44. The molecule has 0 aromatic heterocycles. The minimum absolute atomic E-state index is 0.0165. The maximum atomic E-state index is 13.5. The van der Waals surface area contributed by atoms with Gasteiger partial charge in [-0.25, -0.2) is 0 Å². The number of carbonyl (C=O) groups excluding carboxylic acids is 2. The highest BCUT2D eigenvalue weighted by molar-refractivity contribution is 6.51. The van der Waals surface area contributed by atoms with Crippen molar-refractivity contribution >= 4 is 23.1 Å². The van der Waals surface area contributed by atoms with Crippen LogP contribution in [0.15, 0.2) is 72.3 Å². The number of rotatable bonds is 8. The SMILES string of the molecule is CCOc1cccc(C2/C(=C(\O)c3ccc(OCC(C)C)cc3)C(=O)C(=O)N2c2ccc3c(c2)OCO3)c1. The Labute approximate surface area is 221 Å². The van der Waals surface area contributed by atoms with Crippen molar-refractivity contribution in [2.24, 2.45) is 5.92 Å². The Morgan fingerprint density at radius 1 is 0.974 bits per heavy atom.